The van der Waals surface area contributed by atoms with E-state index in [2.05, 4.69) is 35.4 Å². The first-order chi connectivity index (χ1) is 15.7. The molecule has 3 N–H and O–H groups in total. The first-order valence-corrected chi connectivity index (χ1v) is 12.8. The van der Waals surface area contributed by atoms with E-state index in [9.17, 15) is 14.7 Å². The van der Waals surface area contributed by atoms with Crippen LogP contribution in [0, 0.1) is 5.92 Å². The van der Waals surface area contributed by atoms with Crippen LogP contribution in [0.5, 0.6) is 5.75 Å². The van der Waals surface area contributed by atoms with Gasteiger partial charge in [0, 0.05) is 37.5 Å². The third kappa shape index (κ3) is 6.66. The highest BCUT2D eigenvalue weighted by Crippen LogP contribution is 2.42. The van der Waals surface area contributed by atoms with Crippen LogP contribution in [-0.2, 0) is 15.0 Å². The molecule has 2 aliphatic rings. The van der Waals surface area contributed by atoms with Gasteiger partial charge in [-0.3, -0.25) is 9.59 Å². The van der Waals surface area contributed by atoms with E-state index in [-0.39, 0.29) is 29.6 Å². The van der Waals surface area contributed by atoms with E-state index in [1.165, 1.54) is 5.56 Å². The van der Waals surface area contributed by atoms with Crippen LogP contribution in [0.3, 0.4) is 0 Å². The number of halogens is 1. The molecule has 2 unspecified atom stereocenters. The lowest BCUT2D eigenvalue weighted by atomic mass is 9.67. The second-order valence-electron chi connectivity index (χ2n) is 10.6. The average Bonchev–Trinajstić information content (AvgIpc) is 2.76. The second-order valence-corrected chi connectivity index (χ2v) is 10.6. The highest BCUT2D eigenvalue weighted by Gasteiger charge is 2.43. The number of hydrogen-bond donors (Lipinski definition) is 3. The van der Waals surface area contributed by atoms with Crippen LogP contribution in [0.25, 0.3) is 0 Å². The Labute approximate surface area is 211 Å². The number of phenols is 1. The lowest BCUT2D eigenvalue weighted by molar-refractivity contribution is -0.126. The van der Waals surface area contributed by atoms with E-state index in [0.717, 1.165) is 51.6 Å². The second kappa shape index (κ2) is 12.3. The number of rotatable bonds is 8. The minimum absolute atomic E-state index is 0. The number of amides is 2. The summed E-state index contributed by atoms with van der Waals surface area (Å²) in [6.07, 6.45) is 6.45. The molecule has 2 atom stereocenters. The Bertz CT molecular complexity index is 803. The molecule has 1 aliphatic heterocycles. The smallest absolute Gasteiger partial charge is 0.222 e. The van der Waals surface area contributed by atoms with Gasteiger partial charge in [-0.25, -0.2) is 0 Å². The maximum absolute atomic E-state index is 12.4. The maximum Gasteiger partial charge on any atom is 0.222 e. The lowest BCUT2D eigenvalue weighted by Crippen LogP contribution is -2.57. The minimum atomic E-state index is -0.417. The molecule has 0 spiro atoms. The monoisotopic (exact) mass is 493 g/mol. The number of nitrogens with one attached hydrogen (secondary N) is 2. The summed E-state index contributed by atoms with van der Waals surface area (Å²) < 4.78 is 0. The van der Waals surface area contributed by atoms with Crippen molar-refractivity contribution in [1.29, 1.82) is 0 Å². The molecule has 0 radical (unpaired) electrons. The quantitative estimate of drug-likeness (QED) is 0.496. The fourth-order valence-corrected chi connectivity index (χ4v) is 5.91. The molecule has 34 heavy (non-hydrogen) atoms. The van der Waals surface area contributed by atoms with E-state index in [4.69, 9.17) is 0 Å². The van der Waals surface area contributed by atoms with Crippen molar-refractivity contribution >= 4 is 24.2 Å². The molecule has 1 aromatic carbocycles. The van der Waals surface area contributed by atoms with Gasteiger partial charge in [-0.2, -0.15) is 0 Å². The number of piperidine rings is 1. The van der Waals surface area contributed by atoms with Crippen molar-refractivity contribution in [2.75, 3.05) is 19.6 Å². The summed E-state index contributed by atoms with van der Waals surface area (Å²) in [4.78, 5) is 27.5. The van der Waals surface area contributed by atoms with Gasteiger partial charge in [0.15, 0.2) is 0 Å². The number of benzene rings is 1. The summed E-state index contributed by atoms with van der Waals surface area (Å²) in [6, 6.07) is 8.23. The van der Waals surface area contributed by atoms with Gasteiger partial charge < -0.3 is 20.6 Å². The van der Waals surface area contributed by atoms with Crippen LogP contribution in [0.15, 0.2) is 24.3 Å². The van der Waals surface area contributed by atoms with Crippen LogP contribution in [-0.4, -0.2) is 53.0 Å². The van der Waals surface area contributed by atoms with E-state index >= 15 is 0 Å². The number of carbonyl (C=O) groups excluding carboxylic acids is 2. The Morgan fingerprint density at radius 3 is 2.44 bits per heavy atom. The van der Waals surface area contributed by atoms with Crippen molar-refractivity contribution in [2.45, 2.75) is 96.1 Å². The Balaban J connectivity index is 0.00000408. The first-order valence-electron chi connectivity index (χ1n) is 12.8. The molecule has 3 rings (SSSR count). The predicted molar refractivity (Wildman–Crippen MR) is 139 cm³/mol. The third-order valence-electron chi connectivity index (χ3n) is 8.20. The number of nitrogens with zero attached hydrogens (tertiary/aromatic N) is 1. The highest BCUT2D eigenvalue weighted by atomic mass is 35.5. The van der Waals surface area contributed by atoms with Crippen LogP contribution >= 0.6 is 12.4 Å². The topological polar surface area (TPSA) is 81.7 Å². The van der Waals surface area contributed by atoms with Crippen LogP contribution < -0.4 is 10.6 Å². The molecule has 192 valence electrons. The zero-order valence-corrected chi connectivity index (χ0v) is 22.2. The summed E-state index contributed by atoms with van der Waals surface area (Å²) in [7, 11) is 0. The zero-order valence-electron chi connectivity index (χ0n) is 21.4. The molecule has 1 aromatic rings. The Hall–Kier alpha value is -1.79. The van der Waals surface area contributed by atoms with Crippen molar-refractivity contribution < 1.29 is 14.7 Å². The summed E-state index contributed by atoms with van der Waals surface area (Å²) in [5.41, 5.74) is 0.859. The molecular formula is C27H44ClN3O3. The van der Waals surface area contributed by atoms with Crippen molar-refractivity contribution in [3.63, 3.8) is 0 Å². The number of aromatic hydroxyl groups is 1. The molecule has 7 heteroatoms. The summed E-state index contributed by atoms with van der Waals surface area (Å²) in [5, 5.41) is 16.1. The normalized spacial score (nSPS) is 29.6. The van der Waals surface area contributed by atoms with E-state index in [1.807, 2.05) is 26.0 Å². The summed E-state index contributed by atoms with van der Waals surface area (Å²) >= 11 is 0. The number of likely N-dealkylation sites (tertiary alicyclic amines) is 1. The number of phenolic OH excluding ortho intramolecular Hbond substituents is 1. The van der Waals surface area contributed by atoms with Crippen molar-refractivity contribution in [3.8, 4) is 5.75 Å². The summed E-state index contributed by atoms with van der Waals surface area (Å²) in [5.74, 6) is 0.901. The standard InChI is InChI=1S/C27H43N3O3.ClH/c1-5-8-24(32)29-27(18-25(33)28-6-2)13-11-22(12-14-27)30-16-15-26(4,20(3)19-30)21-9-7-10-23(31)17-21;/h7,9-10,17,20,22,31H,5-6,8,11-16,18-19H2,1-4H3,(H,28,33)(H,29,32);1H. The largest absolute Gasteiger partial charge is 0.508 e. The zero-order chi connectivity index (χ0) is 24.1. The highest BCUT2D eigenvalue weighted by molar-refractivity contribution is 5.85. The fourth-order valence-electron chi connectivity index (χ4n) is 5.91. The number of hydrogen-bond acceptors (Lipinski definition) is 4. The van der Waals surface area contributed by atoms with Gasteiger partial charge in [0.2, 0.25) is 11.8 Å². The molecule has 1 saturated heterocycles. The van der Waals surface area contributed by atoms with Crippen LogP contribution in [0.4, 0.5) is 0 Å². The van der Waals surface area contributed by atoms with E-state index in [0.29, 0.717) is 37.1 Å². The molecule has 1 heterocycles. The summed E-state index contributed by atoms with van der Waals surface area (Å²) in [6.45, 7) is 11.3. The van der Waals surface area contributed by atoms with Crippen LogP contribution in [0.2, 0.25) is 0 Å². The third-order valence-corrected chi connectivity index (χ3v) is 8.20. The molecule has 0 bridgehead atoms. The molecule has 1 aliphatic carbocycles. The molecule has 6 nitrogen and oxygen atoms in total. The van der Waals surface area contributed by atoms with Gasteiger partial charge in [0.1, 0.15) is 5.75 Å². The van der Waals surface area contributed by atoms with Gasteiger partial charge in [0.05, 0.1) is 0 Å². The lowest BCUT2D eigenvalue weighted by Gasteiger charge is -2.50. The number of carbonyl (C=O) groups is 2. The molecular weight excluding hydrogens is 450 g/mol. The van der Waals surface area contributed by atoms with E-state index < -0.39 is 5.54 Å². The predicted octanol–water partition coefficient (Wildman–Crippen LogP) is 4.54. The maximum atomic E-state index is 12.4. The molecule has 2 amide bonds. The average molecular weight is 494 g/mol. The van der Waals surface area contributed by atoms with Crippen molar-refractivity contribution in [2.24, 2.45) is 5.92 Å². The van der Waals surface area contributed by atoms with Crippen molar-refractivity contribution in [3.05, 3.63) is 29.8 Å². The van der Waals surface area contributed by atoms with E-state index in [1.54, 1.807) is 6.07 Å². The fraction of sp³-hybridized carbons (Fsp3) is 0.704. The van der Waals surface area contributed by atoms with Crippen molar-refractivity contribution in [1.82, 2.24) is 15.5 Å². The SMILES string of the molecule is CCCC(=O)NC1(CC(=O)NCC)CCC(N2CCC(C)(c3cccc(O)c3)C(C)C2)CC1.Cl. The molecule has 0 aromatic heterocycles. The molecule has 2 fully saturated rings. The van der Waals surface area contributed by atoms with Gasteiger partial charge in [-0.15, -0.1) is 12.4 Å². The Morgan fingerprint density at radius 2 is 1.85 bits per heavy atom. The van der Waals surface area contributed by atoms with Gasteiger partial charge >= 0.3 is 0 Å². The first kappa shape index (κ1) is 28.4. The molecule has 1 saturated carbocycles. The Morgan fingerprint density at radius 1 is 1.15 bits per heavy atom. The minimum Gasteiger partial charge on any atom is -0.508 e. The van der Waals surface area contributed by atoms with Gasteiger partial charge in [-0.05, 0) is 81.0 Å². The Kier molecular flexibility index (Phi) is 10.3. The van der Waals surface area contributed by atoms with Gasteiger partial charge in [-0.1, -0.05) is 32.9 Å². The van der Waals surface area contributed by atoms with Gasteiger partial charge in [0.25, 0.3) is 0 Å². The van der Waals surface area contributed by atoms with Crippen LogP contribution in [0.1, 0.15) is 84.6 Å².